The van der Waals surface area contributed by atoms with Crippen molar-refractivity contribution in [3.63, 3.8) is 0 Å². The molecule has 0 rings (SSSR count). The summed E-state index contributed by atoms with van der Waals surface area (Å²) in [5.41, 5.74) is 2.74. The Kier molecular flexibility index (Phi) is 15.7. The van der Waals surface area contributed by atoms with E-state index in [1.54, 1.807) is 6.92 Å². The Labute approximate surface area is 132 Å². The molecular weight excluding hydrogens is 260 g/mol. The standard InChI is InChI=1S/C18H38N2O/c1-3-4-5-6-7-8-9-10-11-12-13-14-15-16-18(20-21)17(2)19/h18-21H,3-16H2,1-2H3. The van der Waals surface area contributed by atoms with Crippen molar-refractivity contribution in [2.75, 3.05) is 0 Å². The third-order valence-corrected chi connectivity index (χ3v) is 4.27. The van der Waals surface area contributed by atoms with Crippen LogP contribution in [-0.4, -0.2) is 17.0 Å². The highest BCUT2D eigenvalue weighted by Crippen LogP contribution is 2.13. The Morgan fingerprint density at radius 1 is 0.810 bits per heavy atom. The van der Waals surface area contributed by atoms with E-state index in [9.17, 15) is 0 Å². The molecule has 0 heterocycles. The van der Waals surface area contributed by atoms with E-state index in [2.05, 4.69) is 12.4 Å². The highest BCUT2D eigenvalue weighted by molar-refractivity contribution is 5.83. The van der Waals surface area contributed by atoms with Crippen LogP contribution < -0.4 is 5.48 Å². The van der Waals surface area contributed by atoms with Gasteiger partial charge in [0.1, 0.15) is 0 Å². The van der Waals surface area contributed by atoms with Crippen LogP contribution in [0.2, 0.25) is 0 Å². The molecule has 0 fully saturated rings. The van der Waals surface area contributed by atoms with Gasteiger partial charge in [-0.3, -0.25) is 0 Å². The second-order valence-electron chi connectivity index (χ2n) is 6.40. The Hall–Kier alpha value is -0.410. The zero-order valence-electron chi connectivity index (χ0n) is 14.4. The number of hydrogen-bond donors (Lipinski definition) is 3. The summed E-state index contributed by atoms with van der Waals surface area (Å²) in [5, 5.41) is 16.4. The molecule has 1 unspecified atom stereocenters. The largest absolute Gasteiger partial charge is 0.316 e. The van der Waals surface area contributed by atoms with E-state index in [1.165, 1.54) is 77.0 Å². The first-order valence-electron chi connectivity index (χ1n) is 9.17. The first-order valence-corrected chi connectivity index (χ1v) is 9.17. The molecular formula is C18H38N2O. The fourth-order valence-corrected chi connectivity index (χ4v) is 2.74. The summed E-state index contributed by atoms with van der Waals surface area (Å²) in [6.07, 6.45) is 18.5. The van der Waals surface area contributed by atoms with Crippen molar-refractivity contribution in [1.82, 2.24) is 5.48 Å². The number of nitrogens with one attached hydrogen (secondary N) is 2. The molecule has 0 spiro atoms. The van der Waals surface area contributed by atoms with Gasteiger partial charge in [0.15, 0.2) is 0 Å². The van der Waals surface area contributed by atoms with Gasteiger partial charge in [-0.15, -0.1) is 0 Å². The summed E-state index contributed by atoms with van der Waals surface area (Å²) in [4.78, 5) is 0. The monoisotopic (exact) mass is 298 g/mol. The third kappa shape index (κ3) is 14.3. The second kappa shape index (κ2) is 16.0. The van der Waals surface area contributed by atoms with Gasteiger partial charge < -0.3 is 10.6 Å². The minimum Gasteiger partial charge on any atom is -0.316 e. The maximum Gasteiger partial charge on any atom is 0.0691 e. The molecule has 126 valence electrons. The molecule has 0 saturated heterocycles. The molecule has 21 heavy (non-hydrogen) atoms. The second-order valence-corrected chi connectivity index (χ2v) is 6.40. The van der Waals surface area contributed by atoms with Crippen LogP contribution in [-0.2, 0) is 0 Å². The van der Waals surface area contributed by atoms with Gasteiger partial charge in [-0.05, 0) is 13.3 Å². The fraction of sp³-hybridized carbons (Fsp3) is 0.944. The van der Waals surface area contributed by atoms with Gasteiger partial charge in [0.05, 0.1) is 6.04 Å². The van der Waals surface area contributed by atoms with Crippen molar-refractivity contribution < 1.29 is 5.21 Å². The molecule has 3 N–H and O–H groups in total. The van der Waals surface area contributed by atoms with E-state index in [4.69, 9.17) is 10.6 Å². The Balaban J connectivity index is 3.14. The average molecular weight is 299 g/mol. The van der Waals surface area contributed by atoms with Gasteiger partial charge in [0, 0.05) is 5.71 Å². The van der Waals surface area contributed by atoms with Crippen LogP contribution in [0.3, 0.4) is 0 Å². The molecule has 3 nitrogen and oxygen atoms in total. The predicted molar refractivity (Wildman–Crippen MR) is 92.4 cm³/mol. The lowest BCUT2D eigenvalue weighted by Crippen LogP contribution is -2.32. The SMILES string of the molecule is CCCCCCCCCCCCCCCC(NO)C(C)=N. The summed E-state index contributed by atoms with van der Waals surface area (Å²) in [5.74, 6) is 0. The summed E-state index contributed by atoms with van der Waals surface area (Å²) in [7, 11) is 0. The van der Waals surface area contributed by atoms with E-state index in [0.29, 0.717) is 5.71 Å². The quantitative estimate of drug-likeness (QED) is 0.190. The number of rotatable bonds is 16. The van der Waals surface area contributed by atoms with Crippen LogP contribution in [0.1, 0.15) is 104 Å². The molecule has 0 aliphatic carbocycles. The van der Waals surface area contributed by atoms with Crippen LogP contribution in [0.25, 0.3) is 0 Å². The molecule has 0 aliphatic rings. The minimum atomic E-state index is -0.141. The zero-order chi connectivity index (χ0) is 15.8. The van der Waals surface area contributed by atoms with Gasteiger partial charge in [0.25, 0.3) is 0 Å². The Bertz CT molecular complexity index is 231. The maximum absolute atomic E-state index is 8.90. The van der Waals surface area contributed by atoms with Gasteiger partial charge in [-0.2, -0.15) is 5.48 Å². The van der Waals surface area contributed by atoms with Gasteiger partial charge in [0.2, 0.25) is 0 Å². The van der Waals surface area contributed by atoms with Crippen LogP contribution in [0, 0.1) is 5.41 Å². The van der Waals surface area contributed by atoms with Crippen molar-refractivity contribution in [3.8, 4) is 0 Å². The van der Waals surface area contributed by atoms with Crippen molar-refractivity contribution >= 4 is 5.71 Å². The van der Waals surface area contributed by atoms with Crippen LogP contribution in [0.5, 0.6) is 0 Å². The molecule has 0 aromatic carbocycles. The first kappa shape index (κ1) is 20.6. The summed E-state index contributed by atoms with van der Waals surface area (Å²) in [6.45, 7) is 4.02. The predicted octanol–water partition coefficient (Wildman–Crippen LogP) is 5.85. The lowest BCUT2D eigenvalue weighted by molar-refractivity contribution is 0.144. The van der Waals surface area contributed by atoms with Gasteiger partial charge in [-0.1, -0.05) is 90.4 Å². The smallest absolute Gasteiger partial charge is 0.0691 e. The average Bonchev–Trinajstić information content (AvgIpc) is 2.47. The molecule has 0 aromatic rings. The van der Waals surface area contributed by atoms with Crippen molar-refractivity contribution in [2.45, 2.75) is 110 Å². The van der Waals surface area contributed by atoms with Gasteiger partial charge in [-0.25, -0.2) is 0 Å². The number of hydrogen-bond acceptors (Lipinski definition) is 3. The highest BCUT2D eigenvalue weighted by Gasteiger charge is 2.08. The van der Waals surface area contributed by atoms with Crippen LogP contribution >= 0.6 is 0 Å². The molecule has 0 aromatic heterocycles. The molecule has 1 atom stereocenters. The van der Waals surface area contributed by atoms with E-state index in [1.807, 2.05) is 0 Å². The van der Waals surface area contributed by atoms with Gasteiger partial charge >= 0.3 is 0 Å². The lowest BCUT2D eigenvalue weighted by atomic mass is 10.0. The molecule has 0 saturated carbocycles. The third-order valence-electron chi connectivity index (χ3n) is 4.27. The minimum absolute atomic E-state index is 0.141. The van der Waals surface area contributed by atoms with Crippen LogP contribution in [0.4, 0.5) is 0 Å². The summed E-state index contributed by atoms with van der Waals surface area (Å²) < 4.78 is 0. The first-order chi connectivity index (χ1) is 10.2. The normalized spacial score (nSPS) is 12.5. The van der Waals surface area contributed by atoms with E-state index >= 15 is 0 Å². The topological polar surface area (TPSA) is 56.1 Å². The highest BCUT2D eigenvalue weighted by atomic mass is 16.5. The summed E-state index contributed by atoms with van der Waals surface area (Å²) >= 11 is 0. The van der Waals surface area contributed by atoms with E-state index < -0.39 is 0 Å². The molecule has 0 amide bonds. The molecule has 0 radical (unpaired) electrons. The molecule has 0 aliphatic heterocycles. The number of unbranched alkanes of at least 4 members (excludes halogenated alkanes) is 12. The van der Waals surface area contributed by atoms with E-state index in [0.717, 1.165) is 12.8 Å². The van der Waals surface area contributed by atoms with Crippen molar-refractivity contribution in [1.29, 1.82) is 5.41 Å². The Morgan fingerprint density at radius 3 is 1.52 bits per heavy atom. The number of hydroxylamine groups is 1. The fourth-order valence-electron chi connectivity index (χ4n) is 2.74. The maximum atomic E-state index is 8.90. The zero-order valence-corrected chi connectivity index (χ0v) is 14.4. The Morgan fingerprint density at radius 2 is 1.19 bits per heavy atom. The van der Waals surface area contributed by atoms with Crippen molar-refractivity contribution in [3.05, 3.63) is 0 Å². The summed E-state index contributed by atoms with van der Waals surface area (Å²) in [6, 6.07) is -0.141. The lowest BCUT2D eigenvalue weighted by Gasteiger charge is -2.12. The van der Waals surface area contributed by atoms with Crippen molar-refractivity contribution in [2.24, 2.45) is 0 Å². The van der Waals surface area contributed by atoms with E-state index in [-0.39, 0.29) is 6.04 Å². The molecule has 3 heteroatoms. The van der Waals surface area contributed by atoms with Crippen LogP contribution in [0.15, 0.2) is 0 Å². The molecule has 0 bridgehead atoms.